The van der Waals surface area contributed by atoms with Crippen molar-refractivity contribution in [2.75, 3.05) is 6.54 Å². The third-order valence-corrected chi connectivity index (χ3v) is 6.69. The quantitative estimate of drug-likeness (QED) is 0.291. The van der Waals surface area contributed by atoms with E-state index >= 15 is 0 Å². The van der Waals surface area contributed by atoms with Crippen LogP contribution in [0.15, 0.2) is 53.7 Å². The number of benzene rings is 2. The maximum Gasteiger partial charge on any atom is 0.269 e. The first kappa shape index (κ1) is 22.0. The van der Waals surface area contributed by atoms with Gasteiger partial charge in [-0.1, -0.05) is 41.6 Å². The lowest BCUT2D eigenvalue weighted by Gasteiger charge is -2.24. The number of nitro groups is 1. The van der Waals surface area contributed by atoms with Gasteiger partial charge >= 0.3 is 0 Å². The van der Waals surface area contributed by atoms with E-state index in [1.54, 1.807) is 23.9 Å². The molecule has 1 amide bonds. The lowest BCUT2D eigenvalue weighted by Crippen LogP contribution is -2.32. The summed E-state index contributed by atoms with van der Waals surface area (Å²) in [6.07, 6.45) is 1.80. The summed E-state index contributed by atoms with van der Waals surface area (Å²) in [6, 6.07) is 14.1. The monoisotopic (exact) mass is 451 g/mol. The van der Waals surface area contributed by atoms with Crippen LogP contribution in [0, 0.1) is 17.0 Å². The Morgan fingerprint density at radius 1 is 1.22 bits per heavy atom. The fraction of sp³-hybridized carbons (Fsp3) is 0.348. The molecule has 0 spiro atoms. The average molecular weight is 452 g/mol. The van der Waals surface area contributed by atoms with Crippen LogP contribution >= 0.6 is 11.8 Å². The molecule has 1 saturated heterocycles. The number of nitrogens with zero attached hydrogens (tertiary/aromatic N) is 5. The molecular formula is C23H25N5O3S. The van der Waals surface area contributed by atoms with Gasteiger partial charge in [-0.25, -0.2) is 0 Å². The number of carbonyl (C=O) groups is 1. The molecule has 2 aromatic carbocycles. The number of rotatable bonds is 7. The first-order chi connectivity index (χ1) is 15.5. The number of aryl methyl sites for hydroxylation is 1. The fourth-order valence-electron chi connectivity index (χ4n) is 4.03. The highest BCUT2D eigenvalue weighted by Crippen LogP contribution is 2.34. The maximum absolute atomic E-state index is 13.2. The van der Waals surface area contributed by atoms with E-state index in [-0.39, 0.29) is 17.6 Å². The Hall–Kier alpha value is -3.20. The van der Waals surface area contributed by atoms with Crippen LogP contribution in [0.3, 0.4) is 0 Å². The molecule has 1 aliphatic rings. The summed E-state index contributed by atoms with van der Waals surface area (Å²) in [5, 5.41) is 20.5. The molecule has 0 bridgehead atoms. The summed E-state index contributed by atoms with van der Waals surface area (Å²) in [5.74, 6) is 1.48. The van der Waals surface area contributed by atoms with Crippen LogP contribution in [0.25, 0.3) is 0 Å². The Morgan fingerprint density at radius 3 is 2.69 bits per heavy atom. The normalized spacial score (nSPS) is 15.8. The van der Waals surface area contributed by atoms with Gasteiger partial charge in [-0.05, 0) is 44.4 Å². The number of carbonyl (C=O) groups excluding carboxylic acids is 1. The van der Waals surface area contributed by atoms with Crippen molar-refractivity contribution in [3.05, 3.63) is 81.2 Å². The van der Waals surface area contributed by atoms with Crippen molar-refractivity contribution in [3.8, 4) is 0 Å². The van der Waals surface area contributed by atoms with Crippen LogP contribution in [-0.2, 0) is 12.3 Å². The van der Waals surface area contributed by atoms with Crippen LogP contribution < -0.4 is 0 Å². The average Bonchev–Trinajstić information content (AvgIpc) is 3.43. The number of hydrogen-bond donors (Lipinski definition) is 0. The minimum atomic E-state index is -0.400. The molecule has 9 heteroatoms. The van der Waals surface area contributed by atoms with Gasteiger partial charge in [0.25, 0.3) is 11.6 Å². The summed E-state index contributed by atoms with van der Waals surface area (Å²) in [7, 11) is 0. The molecule has 1 atom stereocenters. The van der Waals surface area contributed by atoms with Crippen molar-refractivity contribution in [1.29, 1.82) is 0 Å². The number of likely N-dealkylation sites (tertiary alicyclic amines) is 1. The van der Waals surface area contributed by atoms with Crippen molar-refractivity contribution in [3.63, 3.8) is 0 Å². The van der Waals surface area contributed by atoms with Crippen molar-refractivity contribution in [2.24, 2.45) is 0 Å². The van der Waals surface area contributed by atoms with E-state index in [9.17, 15) is 14.9 Å². The maximum atomic E-state index is 13.2. The molecule has 1 aromatic heterocycles. The van der Waals surface area contributed by atoms with Gasteiger partial charge in [-0.2, -0.15) is 0 Å². The lowest BCUT2D eigenvalue weighted by molar-refractivity contribution is -0.384. The van der Waals surface area contributed by atoms with Crippen molar-refractivity contribution in [2.45, 2.75) is 50.2 Å². The second-order valence-electron chi connectivity index (χ2n) is 7.82. The number of thioether (sulfide) groups is 1. The third-order valence-electron chi connectivity index (χ3n) is 5.65. The van der Waals surface area contributed by atoms with Gasteiger partial charge in [0.1, 0.15) is 0 Å². The predicted octanol–water partition coefficient (Wildman–Crippen LogP) is 4.78. The second kappa shape index (κ2) is 9.52. The van der Waals surface area contributed by atoms with Crippen LogP contribution in [0.2, 0.25) is 0 Å². The summed E-state index contributed by atoms with van der Waals surface area (Å²) in [5.41, 5.74) is 2.82. The van der Waals surface area contributed by atoms with Crippen LogP contribution in [-0.4, -0.2) is 37.0 Å². The fourth-order valence-corrected chi connectivity index (χ4v) is 5.00. The number of nitro benzene ring substituents is 1. The zero-order chi connectivity index (χ0) is 22.7. The van der Waals surface area contributed by atoms with Gasteiger partial charge in [0.15, 0.2) is 11.0 Å². The molecule has 3 aromatic rings. The summed E-state index contributed by atoms with van der Waals surface area (Å²) < 4.78 is 2.07. The van der Waals surface area contributed by atoms with Gasteiger partial charge in [-0.3, -0.25) is 14.9 Å². The van der Waals surface area contributed by atoms with Gasteiger partial charge in [0.05, 0.1) is 11.0 Å². The first-order valence-corrected chi connectivity index (χ1v) is 11.6. The number of hydrogen-bond acceptors (Lipinski definition) is 6. The molecule has 8 nitrogen and oxygen atoms in total. The Morgan fingerprint density at radius 2 is 2.00 bits per heavy atom. The van der Waals surface area contributed by atoms with E-state index in [4.69, 9.17) is 0 Å². The van der Waals surface area contributed by atoms with Crippen LogP contribution in [0.5, 0.6) is 0 Å². The van der Waals surface area contributed by atoms with E-state index < -0.39 is 4.92 Å². The highest BCUT2D eigenvalue weighted by molar-refractivity contribution is 7.98. The molecule has 0 radical (unpaired) electrons. The molecule has 32 heavy (non-hydrogen) atoms. The standard InChI is InChI=1S/C23H25N5O3S/c1-3-26-21(20-8-5-13-27(20)22(29)18-7-4-6-16(2)14-18)24-25-23(26)32-15-17-9-11-19(12-10-17)28(30)31/h4,6-7,9-12,14,20H,3,5,8,13,15H2,1-2H3. The third kappa shape index (κ3) is 4.52. The molecule has 4 rings (SSSR count). The van der Waals surface area contributed by atoms with Crippen molar-refractivity contribution < 1.29 is 9.72 Å². The van der Waals surface area contributed by atoms with Gasteiger partial charge in [0.2, 0.25) is 0 Å². The minimum absolute atomic E-state index is 0.0296. The molecule has 166 valence electrons. The highest BCUT2D eigenvalue weighted by Gasteiger charge is 2.34. The van der Waals surface area contributed by atoms with Crippen LogP contribution in [0.4, 0.5) is 5.69 Å². The van der Waals surface area contributed by atoms with E-state index in [0.717, 1.165) is 34.9 Å². The predicted molar refractivity (Wildman–Crippen MR) is 123 cm³/mol. The first-order valence-electron chi connectivity index (χ1n) is 10.6. The number of aromatic nitrogens is 3. The summed E-state index contributed by atoms with van der Waals surface area (Å²) in [4.78, 5) is 25.5. The van der Waals surface area contributed by atoms with E-state index in [1.807, 2.05) is 43.0 Å². The van der Waals surface area contributed by atoms with E-state index in [1.165, 1.54) is 12.1 Å². The minimum Gasteiger partial charge on any atom is -0.328 e. The van der Waals surface area contributed by atoms with Gasteiger partial charge < -0.3 is 9.47 Å². The van der Waals surface area contributed by atoms with Crippen molar-refractivity contribution in [1.82, 2.24) is 19.7 Å². The second-order valence-corrected chi connectivity index (χ2v) is 8.77. The molecule has 0 aliphatic carbocycles. The Kier molecular flexibility index (Phi) is 6.55. The number of amides is 1. The highest BCUT2D eigenvalue weighted by atomic mass is 32.2. The van der Waals surface area contributed by atoms with E-state index in [0.29, 0.717) is 24.4 Å². The van der Waals surface area contributed by atoms with Crippen LogP contribution in [0.1, 0.15) is 53.1 Å². The largest absolute Gasteiger partial charge is 0.328 e. The molecule has 1 fully saturated rings. The molecule has 2 heterocycles. The lowest BCUT2D eigenvalue weighted by atomic mass is 10.1. The molecule has 0 N–H and O–H groups in total. The smallest absolute Gasteiger partial charge is 0.269 e. The summed E-state index contributed by atoms with van der Waals surface area (Å²) >= 11 is 1.54. The molecule has 1 aliphatic heterocycles. The SMILES string of the molecule is CCn1c(SCc2ccc([N+](=O)[O-])cc2)nnc1C1CCCN1C(=O)c1cccc(C)c1. The number of non-ortho nitro benzene ring substituents is 1. The van der Waals surface area contributed by atoms with Gasteiger partial charge in [0, 0.05) is 36.5 Å². The van der Waals surface area contributed by atoms with Crippen molar-refractivity contribution >= 4 is 23.4 Å². The van der Waals surface area contributed by atoms with E-state index in [2.05, 4.69) is 14.8 Å². The molecule has 1 unspecified atom stereocenters. The zero-order valence-electron chi connectivity index (χ0n) is 18.1. The summed E-state index contributed by atoms with van der Waals surface area (Å²) in [6.45, 7) is 5.44. The van der Waals surface area contributed by atoms with Gasteiger partial charge in [-0.15, -0.1) is 10.2 Å². The topological polar surface area (TPSA) is 94.2 Å². The zero-order valence-corrected chi connectivity index (χ0v) is 18.9. The molecule has 0 saturated carbocycles. The Labute approximate surface area is 190 Å². The Balaban J connectivity index is 1.51. The Bertz CT molecular complexity index is 1130. The molecular weight excluding hydrogens is 426 g/mol.